The number of amides is 2. The van der Waals surface area contributed by atoms with Gasteiger partial charge in [0.1, 0.15) is 36.6 Å². The van der Waals surface area contributed by atoms with Crippen LogP contribution in [-0.2, 0) is 42.8 Å². The standard InChI is InChI=1S/C18H38O12.C9H19NO4.C5H7NO3/c19-1-7-25-13-15(27-9-3-21)17(29-11-5-23)18(30-12-6-24)16(28-10-4-22)14-26-8-2-20;1-9(2,6-12)7(13)8(14)10-4-3-5-11;7-4-2-1-3(6-4)5(8)9/h15-24H,1-14H2;7,11-13H,3-6H2,1-2H3,(H,10,14);3H,1-2H2,(H,6,7)(H,8,9)/t;;3-/m..0/s1. The second-order valence-electron chi connectivity index (χ2n) is 11.9. The van der Waals surface area contributed by atoms with Crippen molar-refractivity contribution >= 4 is 17.8 Å². The first-order chi connectivity index (χ1) is 25.3. The maximum absolute atomic E-state index is 11.3. The number of aliphatic hydroxyl groups is 9. The summed E-state index contributed by atoms with van der Waals surface area (Å²) in [5, 5.41) is 94.7. The van der Waals surface area contributed by atoms with Crippen molar-refractivity contribution in [2.24, 2.45) is 5.41 Å². The van der Waals surface area contributed by atoms with Crippen LogP contribution in [0.1, 0.15) is 33.1 Å². The first kappa shape index (κ1) is 52.9. The fourth-order valence-corrected chi connectivity index (χ4v) is 4.24. The topological polar surface area (TPSA) is 333 Å². The van der Waals surface area contributed by atoms with Crippen molar-refractivity contribution in [2.45, 2.75) is 69.7 Å². The molecule has 1 fully saturated rings. The van der Waals surface area contributed by atoms with Gasteiger partial charge in [-0.2, -0.15) is 0 Å². The second kappa shape index (κ2) is 34.3. The van der Waals surface area contributed by atoms with Gasteiger partial charge in [-0.1, -0.05) is 13.8 Å². The minimum absolute atomic E-state index is 0.000230. The molecule has 0 aromatic rings. The van der Waals surface area contributed by atoms with Gasteiger partial charge in [-0.3, -0.25) is 9.59 Å². The Morgan fingerprint density at radius 2 is 1.17 bits per heavy atom. The van der Waals surface area contributed by atoms with Gasteiger partial charge in [0, 0.05) is 25.0 Å². The number of hydrogen-bond donors (Lipinski definition) is 12. The van der Waals surface area contributed by atoms with Gasteiger partial charge in [0.25, 0.3) is 0 Å². The predicted octanol–water partition coefficient (Wildman–Crippen LogP) is -5.27. The molecule has 6 atom stereocenters. The molecule has 21 nitrogen and oxygen atoms in total. The molecule has 0 aliphatic carbocycles. The van der Waals surface area contributed by atoms with Crippen molar-refractivity contribution in [1.29, 1.82) is 0 Å². The SMILES string of the molecule is CC(C)(CO)C(O)C(=O)NCCCO.O=C1CC[C@@H](C(=O)O)N1.OCCOCC(OCCO)C(OCCO)C(OCCO)C(COCCO)OCCO. The van der Waals surface area contributed by atoms with Crippen molar-refractivity contribution in [3.63, 3.8) is 0 Å². The summed E-state index contributed by atoms with van der Waals surface area (Å²) in [6.07, 6.45) is -3.32. The Bertz CT molecular complexity index is 871. The molecule has 0 spiro atoms. The molecule has 316 valence electrons. The Kier molecular flexibility index (Phi) is 34.3. The van der Waals surface area contributed by atoms with Crippen LogP contribution in [-0.4, -0.2) is 218 Å². The number of carboxylic acid groups (broad SMARTS) is 1. The normalized spacial score (nSPS) is 17.0. The lowest BCUT2D eigenvalue weighted by atomic mass is 9.87. The van der Waals surface area contributed by atoms with Gasteiger partial charge in [-0.25, -0.2) is 4.79 Å². The second-order valence-corrected chi connectivity index (χ2v) is 11.9. The molecule has 0 saturated carbocycles. The maximum atomic E-state index is 11.3. The van der Waals surface area contributed by atoms with E-state index in [9.17, 15) is 29.7 Å². The third-order valence-electron chi connectivity index (χ3n) is 7.07. The zero-order chi connectivity index (χ0) is 40.5. The van der Waals surface area contributed by atoms with Gasteiger partial charge >= 0.3 is 5.97 Å². The van der Waals surface area contributed by atoms with E-state index in [2.05, 4.69) is 10.6 Å². The number of carboxylic acids is 1. The highest BCUT2D eigenvalue weighted by Crippen LogP contribution is 2.20. The Hall–Kier alpha value is -2.19. The average molecular weight is 781 g/mol. The Labute approximate surface area is 309 Å². The van der Waals surface area contributed by atoms with Crippen LogP contribution in [0.5, 0.6) is 0 Å². The molecule has 2 amide bonds. The van der Waals surface area contributed by atoms with Crippen LogP contribution in [0.15, 0.2) is 0 Å². The average Bonchev–Trinajstić information content (AvgIpc) is 3.60. The largest absolute Gasteiger partial charge is 0.480 e. The fraction of sp³-hybridized carbons (Fsp3) is 0.906. The van der Waals surface area contributed by atoms with E-state index < -0.39 is 53.9 Å². The molecular weight excluding hydrogens is 716 g/mol. The van der Waals surface area contributed by atoms with E-state index in [1.165, 1.54) is 0 Å². The van der Waals surface area contributed by atoms with Crippen LogP contribution >= 0.6 is 0 Å². The zero-order valence-corrected chi connectivity index (χ0v) is 30.8. The number of aliphatic hydroxyl groups excluding tert-OH is 9. The molecule has 1 heterocycles. The summed E-state index contributed by atoms with van der Waals surface area (Å²) in [5.41, 5.74) is -0.844. The molecule has 5 unspecified atom stereocenters. The third-order valence-corrected chi connectivity index (χ3v) is 7.07. The van der Waals surface area contributed by atoms with Gasteiger partial charge in [-0.05, 0) is 12.8 Å². The van der Waals surface area contributed by atoms with Crippen LogP contribution in [0, 0.1) is 5.41 Å². The van der Waals surface area contributed by atoms with Crippen molar-refractivity contribution in [3.05, 3.63) is 0 Å². The number of aliphatic carboxylic acids is 1. The number of carbonyl (C=O) groups is 3. The minimum Gasteiger partial charge on any atom is -0.480 e. The van der Waals surface area contributed by atoms with Crippen molar-refractivity contribution in [3.8, 4) is 0 Å². The highest BCUT2D eigenvalue weighted by atomic mass is 16.6. The van der Waals surface area contributed by atoms with E-state index in [1.54, 1.807) is 13.8 Å². The maximum Gasteiger partial charge on any atom is 0.326 e. The quantitative estimate of drug-likeness (QED) is 0.0303. The number of hydrogen-bond acceptors (Lipinski definition) is 18. The van der Waals surface area contributed by atoms with E-state index in [4.69, 9.17) is 64.2 Å². The molecular formula is C32H64N2O19. The lowest BCUT2D eigenvalue weighted by Crippen LogP contribution is -2.53. The summed E-state index contributed by atoms with van der Waals surface area (Å²) in [4.78, 5) is 31.8. The molecule has 0 bridgehead atoms. The van der Waals surface area contributed by atoms with Crippen LogP contribution in [0.4, 0.5) is 0 Å². The molecule has 21 heteroatoms. The smallest absolute Gasteiger partial charge is 0.326 e. The lowest BCUT2D eigenvalue weighted by molar-refractivity contribution is -0.203. The van der Waals surface area contributed by atoms with Gasteiger partial charge < -0.3 is 90.1 Å². The summed E-state index contributed by atoms with van der Waals surface area (Å²) < 4.78 is 33.5. The fourth-order valence-electron chi connectivity index (χ4n) is 4.24. The highest BCUT2D eigenvalue weighted by Gasteiger charge is 2.38. The van der Waals surface area contributed by atoms with Crippen molar-refractivity contribution < 1.29 is 93.9 Å². The summed E-state index contributed by atoms with van der Waals surface area (Å²) in [5.74, 6) is -1.62. The molecule has 1 aliphatic rings. The molecule has 1 rings (SSSR count). The number of rotatable bonds is 30. The molecule has 12 N–H and O–H groups in total. The lowest BCUT2D eigenvalue weighted by Gasteiger charge is -2.37. The zero-order valence-electron chi connectivity index (χ0n) is 30.8. The molecule has 0 radical (unpaired) electrons. The van der Waals surface area contributed by atoms with Crippen LogP contribution in [0.25, 0.3) is 0 Å². The molecule has 0 aromatic carbocycles. The molecule has 53 heavy (non-hydrogen) atoms. The van der Waals surface area contributed by atoms with Crippen molar-refractivity contribution in [2.75, 3.05) is 112 Å². The summed E-state index contributed by atoms with van der Waals surface area (Å²) in [7, 11) is 0. The van der Waals surface area contributed by atoms with Crippen LogP contribution in [0.2, 0.25) is 0 Å². The molecule has 0 aromatic heterocycles. The van der Waals surface area contributed by atoms with E-state index in [1.807, 2.05) is 0 Å². The van der Waals surface area contributed by atoms with Crippen LogP contribution < -0.4 is 10.6 Å². The Morgan fingerprint density at radius 1 is 0.736 bits per heavy atom. The van der Waals surface area contributed by atoms with E-state index in [0.29, 0.717) is 25.8 Å². The summed E-state index contributed by atoms with van der Waals surface area (Å²) in [6, 6.07) is -0.641. The number of nitrogens with one attached hydrogen (secondary N) is 2. The predicted molar refractivity (Wildman–Crippen MR) is 183 cm³/mol. The monoisotopic (exact) mass is 780 g/mol. The van der Waals surface area contributed by atoms with Gasteiger partial charge in [0.05, 0.1) is 99.1 Å². The first-order valence-electron chi connectivity index (χ1n) is 17.3. The van der Waals surface area contributed by atoms with Gasteiger partial charge in [-0.15, -0.1) is 0 Å². The number of carbonyl (C=O) groups excluding carboxylic acids is 2. The Balaban J connectivity index is 0. The van der Waals surface area contributed by atoms with Gasteiger partial charge in [0.15, 0.2) is 0 Å². The number of ether oxygens (including phenoxy) is 6. The minimum atomic E-state index is -1.23. The van der Waals surface area contributed by atoms with E-state index in [-0.39, 0.29) is 112 Å². The van der Waals surface area contributed by atoms with E-state index in [0.717, 1.165) is 0 Å². The van der Waals surface area contributed by atoms with E-state index >= 15 is 0 Å². The Morgan fingerprint density at radius 3 is 1.49 bits per heavy atom. The highest BCUT2D eigenvalue weighted by molar-refractivity contribution is 5.87. The molecule has 1 saturated heterocycles. The van der Waals surface area contributed by atoms with Crippen molar-refractivity contribution in [1.82, 2.24) is 10.6 Å². The van der Waals surface area contributed by atoms with Crippen LogP contribution in [0.3, 0.4) is 0 Å². The molecule has 1 aliphatic heterocycles. The van der Waals surface area contributed by atoms with Gasteiger partial charge in [0.2, 0.25) is 11.8 Å². The summed E-state index contributed by atoms with van der Waals surface area (Å²) >= 11 is 0. The third kappa shape index (κ3) is 25.5. The first-order valence-corrected chi connectivity index (χ1v) is 17.3. The summed E-state index contributed by atoms with van der Waals surface area (Å²) in [6.45, 7) is 1.70.